The summed E-state index contributed by atoms with van der Waals surface area (Å²) in [6.45, 7) is 6.11. The monoisotopic (exact) mass is 469 g/mol. The average Bonchev–Trinajstić information content (AvgIpc) is 3.55. The minimum atomic E-state index is -0.484. The first-order valence-electron chi connectivity index (χ1n) is 11.4. The van der Waals surface area contributed by atoms with Crippen molar-refractivity contribution in [2.24, 2.45) is 0 Å². The summed E-state index contributed by atoms with van der Waals surface area (Å²) in [4.78, 5) is 15.9. The van der Waals surface area contributed by atoms with Crippen molar-refractivity contribution >= 4 is 17.1 Å². The van der Waals surface area contributed by atoms with Crippen molar-refractivity contribution in [1.82, 2.24) is 24.3 Å². The lowest BCUT2D eigenvalue weighted by Gasteiger charge is -2.35. The molecule has 0 bridgehead atoms. The van der Waals surface area contributed by atoms with Gasteiger partial charge < -0.3 is 9.80 Å². The Morgan fingerprint density at radius 3 is 2.51 bits per heavy atom. The van der Waals surface area contributed by atoms with Gasteiger partial charge in [-0.15, -0.1) is 0 Å². The molecule has 35 heavy (non-hydrogen) atoms. The van der Waals surface area contributed by atoms with Crippen molar-refractivity contribution in [3.8, 4) is 28.3 Å². The van der Waals surface area contributed by atoms with Crippen LogP contribution < -0.4 is 4.90 Å². The first-order valence-corrected chi connectivity index (χ1v) is 11.4. The summed E-state index contributed by atoms with van der Waals surface area (Å²) in [5.74, 6) is -0.0340. The van der Waals surface area contributed by atoms with E-state index in [2.05, 4.69) is 39.9 Å². The summed E-state index contributed by atoms with van der Waals surface area (Å²) in [5, 5.41) is 18.3. The van der Waals surface area contributed by atoms with Gasteiger partial charge in [0.15, 0.2) is 0 Å². The molecule has 1 amide bonds. The van der Waals surface area contributed by atoms with E-state index in [1.807, 2.05) is 24.4 Å². The number of nitriles is 1. The maximum atomic E-state index is 12.7. The highest BCUT2D eigenvalue weighted by atomic mass is 19.1. The van der Waals surface area contributed by atoms with Gasteiger partial charge in [0.1, 0.15) is 12.7 Å². The Balaban J connectivity index is 1.48. The van der Waals surface area contributed by atoms with E-state index in [0.717, 1.165) is 46.5 Å². The SMILES string of the molecule is C=CC(=O)N1CCN(c2ccc(-c3cc(-c4cnn(CCF)c4)cn4ncc(C#N)c34)cc2)CC1. The second-order valence-electron chi connectivity index (χ2n) is 8.35. The van der Waals surface area contributed by atoms with Gasteiger partial charge in [-0.1, -0.05) is 18.7 Å². The number of carbonyl (C=O) groups excluding carboxylic acids is 1. The fourth-order valence-corrected chi connectivity index (χ4v) is 4.47. The third-order valence-corrected chi connectivity index (χ3v) is 6.32. The number of aromatic nitrogens is 4. The number of nitrogens with zero attached hydrogens (tertiary/aromatic N) is 7. The van der Waals surface area contributed by atoms with Crippen LogP contribution in [0.25, 0.3) is 27.8 Å². The fraction of sp³-hybridized carbons (Fsp3) is 0.231. The molecule has 0 N–H and O–H groups in total. The molecule has 0 unspecified atom stereocenters. The number of amides is 1. The smallest absolute Gasteiger partial charge is 0.246 e. The number of aryl methyl sites for hydroxylation is 1. The van der Waals surface area contributed by atoms with Crippen LogP contribution in [0.2, 0.25) is 0 Å². The largest absolute Gasteiger partial charge is 0.368 e. The fourth-order valence-electron chi connectivity index (χ4n) is 4.47. The Morgan fingerprint density at radius 1 is 1.06 bits per heavy atom. The summed E-state index contributed by atoms with van der Waals surface area (Å²) >= 11 is 0. The van der Waals surface area contributed by atoms with Gasteiger partial charge in [-0.25, -0.2) is 8.91 Å². The standard InChI is InChI=1S/C26H24FN7O/c1-2-25(35)32-11-9-31(10-12-32)23-5-3-19(4-6-23)24-13-20(22-16-29-33(17-22)8-7-27)18-34-26(24)21(14-28)15-30-34/h2-6,13,15-18H,1,7-12H2. The van der Waals surface area contributed by atoms with E-state index >= 15 is 0 Å². The van der Waals surface area contributed by atoms with E-state index in [9.17, 15) is 14.4 Å². The minimum Gasteiger partial charge on any atom is -0.368 e. The van der Waals surface area contributed by atoms with E-state index in [1.165, 1.54) is 6.08 Å². The lowest BCUT2D eigenvalue weighted by Crippen LogP contribution is -2.48. The van der Waals surface area contributed by atoms with E-state index in [-0.39, 0.29) is 12.5 Å². The van der Waals surface area contributed by atoms with Crippen LogP contribution in [0.4, 0.5) is 10.1 Å². The number of piperazine rings is 1. The van der Waals surface area contributed by atoms with E-state index in [4.69, 9.17) is 0 Å². The van der Waals surface area contributed by atoms with Crippen molar-refractivity contribution in [3.05, 3.63) is 73.3 Å². The molecule has 4 heterocycles. The highest BCUT2D eigenvalue weighted by Crippen LogP contribution is 2.33. The molecule has 9 heteroatoms. The lowest BCUT2D eigenvalue weighted by molar-refractivity contribution is -0.126. The molecular formula is C26H24FN7O. The third kappa shape index (κ3) is 4.26. The van der Waals surface area contributed by atoms with Gasteiger partial charge in [0.2, 0.25) is 5.91 Å². The van der Waals surface area contributed by atoms with Gasteiger partial charge in [-0.3, -0.25) is 9.48 Å². The normalized spacial score (nSPS) is 13.7. The third-order valence-electron chi connectivity index (χ3n) is 6.32. The predicted octanol–water partition coefficient (Wildman–Crippen LogP) is 3.54. The summed E-state index contributed by atoms with van der Waals surface area (Å²) in [7, 11) is 0. The van der Waals surface area contributed by atoms with Crippen LogP contribution in [-0.2, 0) is 11.3 Å². The van der Waals surface area contributed by atoms with Gasteiger partial charge in [-0.2, -0.15) is 15.5 Å². The lowest BCUT2D eigenvalue weighted by atomic mass is 9.99. The Labute approximate surface area is 202 Å². The van der Waals surface area contributed by atoms with Gasteiger partial charge in [-0.05, 0) is 29.8 Å². The molecule has 0 spiro atoms. The Morgan fingerprint density at radius 2 is 1.83 bits per heavy atom. The number of alkyl halides is 1. The second-order valence-corrected chi connectivity index (χ2v) is 8.35. The van der Waals surface area contributed by atoms with Gasteiger partial charge >= 0.3 is 0 Å². The van der Waals surface area contributed by atoms with Gasteiger partial charge in [0.05, 0.1) is 30.0 Å². The van der Waals surface area contributed by atoms with Crippen molar-refractivity contribution < 1.29 is 9.18 Å². The van der Waals surface area contributed by atoms with E-state index in [1.54, 1.807) is 32.7 Å². The molecule has 1 saturated heterocycles. The van der Waals surface area contributed by atoms with Crippen LogP contribution in [0.5, 0.6) is 0 Å². The summed E-state index contributed by atoms with van der Waals surface area (Å²) in [5.41, 5.74) is 5.85. The molecule has 1 aromatic carbocycles. The quantitative estimate of drug-likeness (QED) is 0.404. The molecule has 1 aliphatic rings. The number of halogens is 1. The summed E-state index contributed by atoms with van der Waals surface area (Å²) < 4.78 is 16.0. The molecule has 3 aromatic heterocycles. The highest BCUT2D eigenvalue weighted by molar-refractivity contribution is 5.88. The molecule has 176 valence electrons. The van der Waals surface area contributed by atoms with Crippen LogP contribution in [0, 0.1) is 11.3 Å². The van der Waals surface area contributed by atoms with Crippen molar-refractivity contribution in [2.45, 2.75) is 6.54 Å². The summed E-state index contributed by atoms with van der Waals surface area (Å²) in [6.07, 6.45) is 8.29. The first-order chi connectivity index (χ1) is 17.1. The average molecular weight is 470 g/mol. The van der Waals surface area contributed by atoms with E-state index in [0.29, 0.717) is 18.7 Å². The maximum absolute atomic E-state index is 12.7. The number of hydrogen-bond acceptors (Lipinski definition) is 5. The molecular weight excluding hydrogens is 445 g/mol. The van der Waals surface area contributed by atoms with Crippen LogP contribution in [-0.4, -0.2) is 63.1 Å². The van der Waals surface area contributed by atoms with Crippen molar-refractivity contribution in [3.63, 3.8) is 0 Å². The van der Waals surface area contributed by atoms with Crippen molar-refractivity contribution in [1.29, 1.82) is 5.26 Å². The van der Waals surface area contributed by atoms with E-state index < -0.39 is 6.67 Å². The van der Waals surface area contributed by atoms with Crippen molar-refractivity contribution in [2.75, 3.05) is 37.8 Å². The number of benzene rings is 1. The first kappa shape index (κ1) is 22.3. The number of carbonyl (C=O) groups is 1. The number of hydrogen-bond donors (Lipinski definition) is 0. The molecule has 1 aliphatic heterocycles. The van der Waals surface area contributed by atoms with Crippen LogP contribution in [0.15, 0.2) is 67.8 Å². The Bertz CT molecular complexity index is 1420. The molecule has 1 fully saturated rings. The molecule has 0 radical (unpaired) electrons. The maximum Gasteiger partial charge on any atom is 0.246 e. The zero-order chi connectivity index (χ0) is 24.4. The highest BCUT2D eigenvalue weighted by Gasteiger charge is 2.20. The molecule has 0 saturated carbocycles. The number of rotatable bonds is 6. The molecule has 4 aromatic rings. The van der Waals surface area contributed by atoms with Gasteiger partial charge in [0.25, 0.3) is 0 Å². The van der Waals surface area contributed by atoms with Crippen LogP contribution in [0.3, 0.4) is 0 Å². The zero-order valence-corrected chi connectivity index (χ0v) is 19.1. The Hall–Kier alpha value is -4.45. The minimum absolute atomic E-state index is 0.0340. The number of fused-ring (bicyclic) bond motifs is 1. The van der Waals surface area contributed by atoms with Gasteiger partial charge in [0, 0.05) is 61.0 Å². The second kappa shape index (κ2) is 9.43. The Kier molecular flexibility index (Phi) is 6.02. The molecule has 5 rings (SSSR count). The topological polar surface area (TPSA) is 82.5 Å². The number of pyridine rings is 1. The van der Waals surface area contributed by atoms with Crippen LogP contribution >= 0.6 is 0 Å². The molecule has 0 atom stereocenters. The molecule has 8 nitrogen and oxygen atoms in total. The number of anilines is 1. The zero-order valence-electron chi connectivity index (χ0n) is 19.1. The molecule has 0 aliphatic carbocycles. The predicted molar refractivity (Wildman–Crippen MR) is 132 cm³/mol. The summed E-state index contributed by atoms with van der Waals surface area (Å²) in [6, 6.07) is 12.4. The van der Waals surface area contributed by atoms with Crippen LogP contribution in [0.1, 0.15) is 5.56 Å².